The van der Waals surface area contributed by atoms with Crippen molar-refractivity contribution >= 4 is 17.4 Å². The van der Waals surface area contributed by atoms with Gasteiger partial charge in [-0.1, -0.05) is 11.6 Å². The Kier molecular flexibility index (Phi) is 3.34. The molecule has 2 rings (SSSR count). The van der Waals surface area contributed by atoms with E-state index in [0.29, 0.717) is 17.3 Å². The lowest BCUT2D eigenvalue weighted by Gasteiger charge is -2.20. The third-order valence-electron chi connectivity index (χ3n) is 2.54. The van der Waals surface area contributed by atoms with Crippen LogP contribution in [0, 0.1) is 5.92 Å². The van der Waals surface area contributed by atoms with Crippen LogP contribution in [-0.2, 0) is 4.74 Å². The summed E-state index contributed by atoms with van der Waals surface area (Å²) in [6, 6.07) is 3.35. The lowest BCUT2D eigenvalue weighted by molar-refractivity contribution is 0.0461. The van der Waals surface area contributed by atoms with E-state index in [9.17, 15) is 4.79 Å². The number of hydrogen-bond donors (Lipinski definition) is 0. The zero-order valence-electron chi connectivity index (χ0n) is 8.28. The molecule has 1 aliphatic rings. The summed E-state index contributed by atoms with van der Waals surface area (Å²) in [4.78, 5) is 15.8. The number of aromatic nitrogens is 1. The first-order valence-corrected chi connectivity index (χ1v) is 5.38. The molecule has 1 unspecified atom stereocenters. The predicted molar refractivity (Wildman–Crippen MR) is 57.1 cm³/mol. The van der Waals surface area contributed by atoms with Crippen LogP contribution in [0.4, 0.5) is 0 Å². The Morgan fingerprint density at radius 1 is 1.53 bits per heavy atom. The number of rotatable bonds is 2. The summed E-state index contributed by atoms with van der Waals surface area (Å²) in [5, 5.41) is 0.409. The molecule has 1 fully saturated rings. The standard InChI is InChI=1S/C11H12ClNO2/c12-10-4-3-8(6-13-10)11(14)9-2-1-5-15-7-9/h3-4,6,9H,1-2,5,7H2. The van der Waals surface area contributed by atoms with E-state index in [1.165, 1.54) is 6.20 Å². The minimum absolute atomic E-state index is 0.0123. The molecule has 4 heteroatoms. The summed E-state index contributed by atoms with van der Waals surface area (Å²) < 4.78 is 5.28. The number of nitrogens with zero attached hydrogens (tertiary/aromatic N) is 1. The van der Waals surface area contributed by atoms with Crippen molar-refractivity contribution in [3.63, 3.8) is 0 Å². The molecule has 0 aliphatic carbocycles. The molecule has 0 radical (unpaired) electrons. The Balaban J connectivity index is 2.09. The smallest absolute Gasteiger partial charge is 0.169 e. The highest BCUT2D eigenvalue weighted by molar-refractivity contribution is 6.29. The van der Waals surface area contributed by atoms with Gasteiger partial charge in [-0.2, -0.15) is 0 Å². The summed E-state index contributed by atoms with van der Waals surface area (Å²) in [5.74, 6) is 0.0978. The van der Waals surface area contributed by atoms with Gasteiger partial charge in [-0.05, 0) is 25.0 Å². The van der Waals surface area contributed by atoms with Crippen LogP contribution < -0.4 is 0 Å². The normalized spacial score (nSPS) is 21.3. The number of carbonyl (C=O) groups is 1. The fourth-order valence-electron chi connectivity index (χ4n) is 1.70. The van der Waals surface area contributed by atoms with Crippen molar-refractivity contribution in [2.75, 3.05) is 13.2 Å². The molecule has 1 aromatic rings. The second kappa shape index (κ2) is 4.73. The summed E-state index contributed by atoms with van der Waals surface area (Å²) in [7, 11) is 0. The number of ether oxygens (including phenoxy) is 1. The molecule has 0 saturated carbocycles. The van der Waals surface area contributed by atoms with Crippen molar-refractivity contribution in [1.82, 2.24) is 4.98 Å². The van der Waals surface area contributed by atoms with Gasteiger partial charge in [0.25, 0.3) is 0 Å². The zero-order valence-corrected chi connectivity index (χ0v) is 9.04. The molecule has 1 atom stereocenters. The Hall–Kier alpha value is -0.930. The highest BCUT2D eigenvalue weighted by Gasteiger charge is 2.22. The molecule has 0 amide bonds. The summed E-state index contributed by atoms with van der Waals surface area (Å²) in [6.45, 7) is 1.30. The molecule has 0 bridgehead atoms. The van der Waals surface area contributed by atoms with Gasteiger partial charge in [0.15, 0.2) is 5.78 Å². The van der Waals surface area contributed by atoms with Crippen LogP contribution in [0.2, 0.25) is 5.15 Å². The second-order valence-corrected chi connectivity index (χ2v) is 4.04. The number of Topliss-reactive ketones (excluding diaryl/α,β-unsaturated/α-hetero) is 1. The van der Waals surface area contributed by atoms with Gasteiger partial charge in [-0.3, -0.25) is 4.79 Å². The molecular formula is C11H12ClNO2. The Bertz CT molecular complexity index is 344. The van der Waals surface area contributed by atoms with Crippen molar-refractivity contribution in [1.29, 1.82) is 0 Å². The van der Waals surface area contributed by atoms with Crippen molar-refractivity contribution in [3.05, 3.63) is 29.0 Å². The first-order valence-electron chi connectivity index (χ1n) is 5.01. The van der Waals surface area contributed by atoms with Crippen LogP contribution >= 0.6 is 11.6 Å². The third kappa shape index (κ3) is 2.55. The van der Waals surface area contributed by atoms with Crippen molar-refractivity contribution < 1.29 is 9.53 Å². The number of halogens is 1. The number of pyridine rings is 1. The maximum absolute atomic E-state index is 11.9. The van der Waals surface area contributed by atoms with E-state index >= 15 is 0 Å². The molecule has 0 N–H and O–H groups in total. The van der Waals surface area contributed by atoms with Crippen molar-refractivity contribution in [2.24, 2.45) is 5.92 Å². The molecule has 1 aliphatic heterocycles. The SMILES string of the molecule is O=C(c1ccc(Cl)nc1)C1CCCOC1. The van der Waals surface area contributed by atoms with Crippen LogP contribution in [0.1, 0.15) is 23.2 Å². The van der Waals surface area contributed by atoms with Crippen LogP contribution in [0.5, 0.6) is 0 Å². The van der Waals surface area contributed by atoms with Gasteiger partial charge < -0.3 is 4.74 Å². The fourth-order valence-corrected chi connectivity index (χ4v) is 1.82. The highest BCUT2D eigenvalue weighted by Crippen LogP contribution is 2.19. The predicted octanol–water partition coefficient (Wildman–Crippen LogP) is 2.34. The third-order valence-corrected chi connectivity index (χ3v) is 2.77. The maximum Gasteiger partial charge on any atom is 0.169 e. The molecule has 3 nitrogen and oxygen atoms in total. The molecule has 80 valence electrons. The van der Waals surface area contributed by atoms with Gasteiger partial charge in [0, 0.05) is 24.3 Å². The molecule has 15 heavy (non-hydrogen) atoms. The summed E-state index contributed by atoms with van der Waals surface area (Å²) in [6.07, 6.45) is 3.39. The van der Waals surface area contributed by atoms with Crippen molar-refractivity contribution in [3.8, 4) is 0 Å². The number of hydrogen-bond acceptors (Lipinski definition) is 3. The topological polar surface area (TPSA) is 39.2 Å². The van der Waals surface area contributed by atoms with Crippen molar-refractivity contribution in [2.45, 2.75) is 12.8 Å². The van der Waals surface area contributed by atoms with E-state index in [-0.39, 0.29) is 11.7 Å². The van der Waals surface area contributed by atoms with Gasteiger partial charge >= 0.3 is 0 Å². The average Bonchev–Trinajstić information content (AvgIpc) is 2.30. The zero-order chi connectivity index (χ0) is 10.7. The van der Waals surface area contributed by atoms with Crippen LogP contribution in [-0.4, -0.2) is 24.0 Å². The summed E-state index contributed by atoms with van der Waals surface area (Å²) in [5.41, 5.74) is 0.620. The van der Waals surface area contributed by atoms with E-state index < -0.39 is 0 Å². The Labute approximate surface area is 93.4 Å². The Morgan fingerprint density at radius 3 is 3.00 bits per heavy atom. The Morgan fingerprint density at radius 2 is 2.40 bits per heavy atom. The van der Waals surface area contributed by atoms with Crippen LogP contribution in [0.3, 0.4) is 0 Å². The average molecular weight is 226 g/mol. The quantitative estimate of drug-likeness (QED) is 0.573. The van der Waals surface area contributed by atoms with E-state index in [1.807, 2.05) is 0 Å². The first-order chi connectivity index (χ1) is 7.27. The monoisotopic (exact) mass is 225 g/mol. The van der Waals surface area contributed by atoms with E-state index in [1.54, 1.807) is 12.1 Å². The minimum atomic E-state index is -0.0123. The first kappa shape index (κ1) is 10.6. The summed E-state index contributed by atoms with van der Waals surface area (Å²) >= 11 is 5.66. The molecule has 0 aromatic carbocycles. The van der Waals surface area contributed by atoms with Gasteiger partial charge in [-0.25, -0.2) is 4.98 Å². The lowest BCUT2D eigenvalue weighted by atomic mass is 9.93. The molecule has 2 heterocycles. The number of carbonyl (C=O) groups excluding carboxylic acids is 1. The maximum atomic E-state index is 11.9. The minimum Gasteiger partial charge on any atom is -0.381 e. The molecule has 1 aromatic heterocycles. The largest absolute Gasteiger partial charge is 0.381 e. The van der Waals surface area contributed by atoms with Gasteiger partial charge in [0.2, 0.25) is 0 Å². The van der Waals surface area contributed by atoms with Crippen LogP contribution in [0.15, 0.2) is 18.3 Å². The van der Waals surface area contributed by atoms with Crippen LogP contribution in [0.25, 0.3) is 0 Å². The van der Waals surface area contributed by atoms with E-state index in [4.69, 9.17) is 16.3 Å². The molecule has 1 saturated heterocycles. The molecular weight excluding hydrogens is 214 g/mol. The fraction of sp³-hybridized carbons (Fsp3) is 0.455. The van der Waals surface area contributed by atoms with Gasteiger partial charge in [0.1, 0.15) is 5.15 Å². The van der Waals surface area contributed by atoms with E-state index in [2.05, 4.69) is 4.98 Å². The van der Waals surface area contributed by atoms with Gasteiger partial charge in [0.05, 0.1) is 6.61 Å². The van der Waals surface area contributed by atoms with E-state index in [0.717, 1.165) is 19.4 Å². The second-order valence-electron chi connectivity index (χ2n) is 3.65. The van der Waals surface area contributed by atoms with Gasteiger partial charge in [-0.15, -0.1) is 0 Å². The number of ketones is 1. The lowest BCUT2D eigenvalue weighted by Crippen LogP contribution is -2.25. The molecule has 0 spiro atoms. The highest BCUT2D eigenvalue weighted by atomic mass is 35.5.